The molecule has 0 saturated carbocycles. The summed E-state index contributed by atoms with van der Waals surface area (Å²) in [5.41, 5.74) is 5.95. The maximum atomic E-state index is 13.9. The van der Waals surface area contributed by atoms with Crippen LogP contribution in [0.15, 0.2) is 30.3 Å². The molecule has 0 aromatic heterocycles. The number of carboxylic acids is 1. The number of rotatable bonds is 21. The predicted octanol–water partition coefficient (Wildman–Crippen LogP) is -0.428. The van der Waals surface area contributed by atoms with Gasteiger partial charge in [-0.25, -0.2) is 4.79 Å². The first-order chi connectivity index (χ1) is 25.8. The van der Waals surface area contributed by atoms with Crippen molar-refractivity contribution in [2.45, 2.75) is 117 Å². The summed E-state index contributed by atoms with van der Waals surface area (Å²) in [5.74, 6) is -6.01. The van der Waals surface area contributed by atoms with Crippen molar-refractivity contribution in [1.29, 1.82) is 0 Å². The summed E-state index contributed by atoms with van der Waals surface area (Å²) in [5, 5.41) is 25.4. The number of nitrogens with two attached hydrogens (primary N) is 1. The van der Waals surface area contributed by atoms with Crippen molar-refractivity contribution in [1.82, 2.24) is 36.8 Å². The second-order valence-corrected chi connectivity index (χ2v) is 15.2. The first-order valence-electron chi connectivity index (χ1n) is 18.9. The Balaban J connectivity index is 2.27. The molecule has 17 nitrogen and oxygen atoms in total. The van der Waals surface area contributed by atoms with Crippen molar-refractivity contribution < 1.29 is 43.5 Å². The van der Waals surface area contributed by atoms with E-state index in [1.807, 2.05) is 27.7 Å². The number of amides is 7. The van der Waals surface area contributed by atoms with E-state index in [0.29, 0.717) is 18.4 Å². The van der Waals surface area contributed by atoms with Gasteiger partial charge in [0.25, 0.3) is 0 Å². The van der Waals surface area contributed by atoms with Crippen LogP contribution in [0.2, 0.25) is 0 Å². The lowest BCUT2D eigenvalue weighted by Crippen LogP contribution is -2.60. The van der Waals surface area contributed by atoms with E-state index in [9.17, 15) is 43.5 Å². The van der Waals surface area contributed by atoms with Gasteiger partial charge < -0.3 is 47.6 Å². The van der Waals surface area contributed by atoms with E-state index >= 15 is 0 Å². The van der Waals surface area contributed by atoms with Crippen molar-refractivity contribution in [2.24, 2.45) is 23.5 Å². The average Bonchev–Trinajstić information content (AvgIpc) is 3.62. The smallest absolute Gasteiger partial charge is 0.326 e. The normalized spacial score (nSPS) is 16.7. The molecule has 55 heavy (non-hydrogen) atoms. The molecule has 1 aromatic carbocycles. The van der Waals surface area contributed by atoms with E-state index in [4.69, 9.17) is 5.73 Å². The van der Waals surface area contributed by atoms with Crippen LogP contribution < -0.4 is 37.6 Å². The highest BCUT2D eigenvalue weighted by Gasteiger charge is 2.39. The highest BCUT2D eigenvalue weighted by atomic mass is 16.4. The lowest BCUT2D eigenvalue weighted by Gasteiger charge is -2.31. The van der Waals surface area contributed by atoms with E-state index in [0.717, 1.165) is 0 Å². The zero-order valence-corrected chi connectivity index (χ0v) is 33.0. The Morgan fingerprint density at radius 2 is 1.29 bits per heavy atom. The number of benzene rings is 1. The van der Waals surface area contributed by atoms with E-state index in [-0.39, 0.29) is 44.2 Å². The maximum absolute atomic E-state index is 13.9. The lowest BCUT2D eigenvalue weighted by molar-refractivity contribution is -0.149. The molecule has 2 rings (SSSR count). The first-order valence-corrected chi connectivity index (χ1v) is 18.9. The molecule has 0 bridgehead atoms. The van der Waals surface area contributed by atoms with Crippen molar-refractivity contribution in [2.75, 3.05) is 19.6 Å². The first kappa shape index (κ1) is 46.1. The number of nitrogens with zero attached hydrogens (tertiary/aromatic N) is 1. The fourth-order valence-electron chi connectivity index (χ4n) is 6.17. The molecular weight excluding hydrogens is 712 g/mol. The predicted molar refractivity (Wildman–Crippen MR) is 204 cm³/mol. The van der Waals surface area contributed by atoms with Crippen LogP contribution in [0, 0.1) is 17.8 Å². The minimum atomic E-state index is -1.18. The summed E-state index contributed by atoms with van der Waals surface area (Å²) in [7, 11) is 0. The number of carbonyl (C=O) groups is 8. The van der Waals surface area contributed by atoms with Crippen molar-refractivity contribution in [3.63, 3.8) is 0 Å². The highest BCUT2D eigenvalue weighted by Crippen LogP contribution is 2.21. The molecule has 9 N–H and O–H groups in total. The van der Waals surface area contributed by atoms with Crippen LogP contribution in [0.25, 0.3) is 0 Å². The number of hydrogen-bond donors (Lipinski definition) is 8. The summed E-state index contributed by atoms with van der Waals surface area (Å²) >= 11 is 0. The summed E-state index contributed by atoms with van der Waals surface area (Å²) in [6, 6.07) is 2.35. The van der Waals surface area contributed by atoms with Gasteiger partial charge in [0.15, 0.2) is 0 Å². The molecule has 1 aromatic rings. The number of nitrogens with one attached hydrogen (secondary N) is 6. The van der Waals surface area contributed by atoms with E-state index in [1.54, 1.807) is 44.2 Å². The van der Waals surface area contributed by atoms with Gasteiger partial charge in [0.2, 0.25) is 41.4 Å². The summed E-state index contributed by atoms with van der Waals surface area (Å²) in [6.45, 7) is 11.9. The van der Waals surface area contributed by atoms with Crippen LogP contribution >= 0.6 is 0 Å². The van der Waals surface area contributed by atoms with Gasteiger partial charge in [0.05, 0.1) is 13.1 Å². The molecule has 0 aliphatic carbocycles. The van der Waals surface area contributed by atoms with E-state index < -0.39 is 96.0 Å². The highest BCUT2D eigenvalue weighted by molar-refractivity contribution is 5.97. The summed E-state index contributed by atoms with van der Waals surface area (Å²) in [4.78, 5) is 105. The number of likely N-dealkylation sites (tertiary alicyclic amines) is 1. The molecule has 1 saturated heterocycles. The number of carbonyl (C=O) groups excluding carboxylic acids is 7. The SMILES string of the molecule is CC(C)C[C@H](NC(=O)[C@H](Cc1ccccc1)NC(=O)[C@H](C)NC(=O)CNC(=O)CN)C(=O)N[C@H](C(=O)N[C@@H](CC(C)C)C(=O)N1CCC[C@H]1C(=O)O)C(C)C. The zero-order chi connectivity index (χ0) is 41.4. The Bertz CT molecular complexity index is 1500. The third-order valence-electron chi connectivity index (χ3n) is 9.05. The molecule has 1 aliphatic heterocycles. The second-order valence-electron chi connectivity index (χ2n) is 15.2. The average molecular weight is 773 g/mol. The van der Waals surface area contributed by atoms with Crippen molar-refractivity contribution >= 4 is 47.3 Å². The van der Waals surface area contributed by atoms with E-state index in [1.165, 1.54) is 11.8 Å². The van der Waals surface area contributed by atoms with Gasteiger partial charge in [-0.05, 0) is 55.9 Å². The van der Waals surface area contributed by atoms with Crippen LogP contribution in [-0.4, -0.2) is 113 Å². The molecule has 0 radical (unpaired) electrons. The van der Waals surface area contributed by atoms with Crippen LogP contribution in [0.3, 0.4) is 0 Å². The molecule has 1 aliphatic rings. The topological polar surface area (TPSA) is 258 Å². The third-order valence-corrected chi connectivity index (χ3v) is 9.05. The zero-order valence-electron chi connectivity index (χ0n) is 33.0. The van der Waals surface area contributed by atoms with E-state index in [2.05, 4.69) is 31.9 Å². The molecule has 17 heteroatoms. The van der Waals surface area contributed by atoms with Crippen LogP contribution in [0.1, 0.15) is 79.7 Å². The standard InChI is InChI=1S/C38H60N8O9/c1-21(2)16-26(35(51)45-32(23(5)6)36(52)44-28(17-22(3)4)37(53)46-15-11-14-29(46)38(54)55)43-34(50)27(18-25-12-9-8-10-13-25)42-33(49)24(7)41-31(48)20-40-30(47)19-39/h8-10,12-13,21-24,26-29,32H,11,14-20,39H2,1-7H3,(H,40,47)(H,41,48)(H,42,49)(H,43,50)(H,44,52)(H,45,51)(H,54,55)/t24-,26-,27-,28-,29-,32-/m0/s1. The largest absolute Gasteiger partial charge is 0.480 e. The monoisotopic (exact) mass is 772 g/mol. The Kier molecular flexibility index (Phi) is 18.7. The third kappa shape index (κ3) is 15.3. The minimum absolute atomic E-state index is 0.0227. The van der Waals surface area contributed by atoms with Gasteiger partial charge in [-0.2, -0.15) is 0 Å². The van der Waals surface area contributed by atoms with Gasteiger partial charge in [-0.3, -0.25) is 33.6 Å². The Morgan fingerprint density at radius 1 is 0.727 bits per heavy atom. The minimum Gasteiger partial charge on any atom is -0.480 e. The molecular formula is C38H60N8O9. The van der Waals surface area contributed by atoms with Gasteiger partial charge in [-0.1, -0.05) is 71.9 Å². The molecule has 0 spiro atoms. The summed E-state index contributed by atoms with van der Waals surface area (Å²) in [6.07, 6.45) is 1.32. The second kappa shape index (κ2) is 22.4. The van der Waals surface area contributed by atoms with Crippen LogP contribution in [-0.2, 0) is 44.8 Å². The number of hydrogen-bond acceptors (Lipinski definition) is 9. The molecule has 1 heterocycles. The molecule has 306 valence electrons. The fraction of sp³-hybridized carbons (Fsp3) is 0.632. The maximum Gasteiger partial charge on any atom is 0.326 e. The van der Waals surface area contributed by atoms with Gasteiger partial charge >= 0.3 is 5.97 Å². The Morgan fingerprint density at radius 3 is 1.85 bits per heavy atom. The van der Waals surface area contributed by atoms with Crippen molar-refractivity contribution in [3.8, 4) is 0 Å². The molecule has 1 fully saturated rings. The van der Waals surface area contributed by atoms with Crippen molar-refractivity contribution in [3.05, 3.63) is 35.9 Å². The fourth-order valence-corrected chi connectivity index (χ4v) is 6.17. The van der Waals surface area contributed by atoms with Gasteiger partial charge in [-0.15, -0.1) is 0 Å². The Labute approximate surface area is 323 Å². The quantitative estimate of drug-likeness (QED) is 0.0800. The van der Waals surface area contributed by atoms with Gasteiger partial charge in [0, 0.05) is 13.0 Å². The summed E-state index contributed by atoms with van der Waals surface area (Å²) < 4.78 is 0. The molecule has 6 atom stereocenters. The molecule has 0 unspecified atom stereocenters. The van der Waals surface area contributed by atoms with Crippen LogP contribution in [0.4, 0.5) is 0 Å². The van der Waals surface area contributed by atoms with Gasteiger partial charge in [0.1, 0.15) is 36.3 Å². The Hall–Kier alpha value is -5.06. The lowest BCUT2D eigenvalue weighted by atomic mass is 9.97. The number of carboxylic acid groups (broad SMARTS) is 1. The number of aliphatic carboxylic acids is 1. The van der Waals surface area contributed by atoms with Crippen LogP contribution in [0.5, 0.6) is 0 Å². The molecule has 7 amide bonds.